The molecule has 0 aromatic rings. The van der Waals surface area contributed by atoms with Gasteiger partial charge in [-0.15, -0.1) is 0 Å². The number of aliphatic hydroxyl groups excluding tert-OH is 1. The van der Waals surface area contributed by atoms with Gasteiger partial charge in [-0.2, -0.15) is 0 Å². The average molecular weight is 201 g/mol. The standard InChI is InChI=1S/C11H23NO2/c1-2-7-10(11(12)14)8-5-3-4-6-9-13/h10,13H,2-9H2,1H3,(H2,12,14). The Bertz CT molecular complexity index is 148. The van der Waals surface area contributed by atoms with Crippen LogP contribution in [0.3, 0.4) is 0 Å². The van der Waals surface area contributed by atoms with Gasteiger partial charge in [-0.25, -0.2) is 0 Å². The molecule has 0 aliphatic heterocycles. The highest BCUT2D eigenvalue weighted by molar-refractivity contribution is 5.76. The quantitative estimate of drug-likeness (QED) is 0.559. The lowest BCUT2D eigenvalue weighted by Gasteiger charge is -2.11. The molecule has 0 aromatic heterocycles. The summed E-state index contributed by atoms with van der Waals surface area (Å²) >= 11 is 0. The van der Waals surface area contributed by atoms with Crippen LogP contribution in [-0.2, 0) is 4.79 Å². The van der Waals surface area contributed by atoms with Crippen molar-refractivity contribution in [2.75, 3.05) is 6.61 Å². The summed E-state index contributed by atoms with van der Waals surface area (Å²) in [4.78, 5) is 11.0. The molecule has 3 nitrogen and oxygen atoms in total. The second-order valence-electron chi connectivity index (χ2n) is 3.81. The van der Waals surface area contributed by atoms with Gasteiger partial charge in [0.1, 0.15) is 0 Å². The molecule has 3 heteroatoms. The van der Waals surface area contributed by atoms with E-state index in [9.17, 15) is 4.79 Å². The lowest BCUT2D eigenvalue weighted by Crippen LogP contribution is -2.23. The molecule has 14 heavy (non-hydrogen) atoms. The highest BCUT2D eigenvalue weighted by atomic mass is 16.2. The van der Waals surface area contributed by atoms with Crippen molar-refractivity contribution in [1.82, 2.24) is 0 Å². The van der Waals surface area contributed by atoms with Crippen molar-refractivity contribution in [2.24, 2.45) is 11.7 Å². The van der Waals surface area contributed by atoms with Gasteiger partial charge < -0.3 is 10.8 Å². The van der Waals surface area contributed by atoms with Crippen molar-refractivity contribution in [3.05, 3.63) is 0 Å². The molecular weight excluding hydrogens is 178 g/mol. The smallest absolute Gasteiger partial charge is 0.220 e. The number of amides is 1. The van der Waals surface area contributed by atoms with Crippen molar-refractivity contribution < 1.29 is 9.90 Å². The van der Waals surface area contributed by atoms with E-state index in [4.69, 9.17) is 10.8 Å². The predicted octanol–water partition coefficient (Wildman–Crippen LogP) is 1.83. The Morgan fingerprint density at radius 2 is 1.86 bits per heavy atom. The molecule has 0 saturated carbocycles. The Balaban J connectivity index is 3.46. The van der Waals surface area contributed by atoms with E-state index in [2.05, 4.69) is 6.92 Å². The average Bonchev–Trinajstić information content (AvgIpc) is 2.15. The number of rotatable bonds is 9. The Morgan fingerprint density at radius 3 is 2.36 bits per heavy atom. The van der Waals surface area contributed by atoms with Crippen LogP contribution in [0.2, 0.25) is 0 Å². The third-order valence-corrected chi connectivity index (χ3v) is 2.50. The molecule has 0 fully saturated rings. The maximum absolute atomic E-state index is 11.0. The summed E-state index contributed by atoms with van der Waals surface area (Å²) in [5.41, 5.74) is 5.28. The molecule has 0 radical (unpaired) electrons. The van der Waals surface area contributed by atoms with Crippen molar-refractivity contribution in [3.8, 4) is 0 Å². The van der Waals surface area contributed by atoms with Gasteiger partial charge in [0.25, 0.3) is 0 Å². The van der Waals surface area contributed by atoms with E-state index in [1.54, 1.807) is 0 Å². The molecule has 0 heterocycles. The molecule has 3 N–H and O–H groups in total. The molecule has 0 aliphatic rings. The summed E-state index contributed by atoms with van der Waals surface area (Å²) in [6.45, 7) is 2.34. The Labute approximate surface area is 86.7 Å². The molecule has 84 valence electrons. The van der Waals surface area contributed by atoms with Gasteiger partial charge >= 0.3 is 0 Å². The zero-order valence-electron chi connectivity index (χ0n) is 9.17. The van der Waals surface area contributed by atoms with Crippen molar-refractivity contribution >= 4 is 5.91 Å². The molecule has 1 amide bonds. The predicted molar refractivity (Wildman–Crippen MR) is 57.8 cm³/mol. The fourth-order valence-corrected chi connectivity index (χ4v) is 1.63. The number of aliphatic hydroxyl groups is 1. The molecule has 0 spiro atoms. The largest absolute Gasteiger partial charge is 0.396 e. The molecule has 0 bridgehead atoms. The molecule has 1 unspecified atom stereocenters. The van der Waals surface area contributed by atoms with E-state index >= 15 is 0 Å². The first-order valence-corrected chi connectivity index (χ1v) is 5.62. The summed E-state index contributed by atoms with van der Waals surface area (Å²) in [7, 11) is 0. The number of carbonyl (C=O) groups is 1. The number of primary amides is 1. The highest BCUT2D eigenvalue weighted by Gasteiger charge is 2.12. The van der Waals surface area contributed by atoms with Crippen LogP contribution < -0.4 is 5.73 Å². The van der Waals surface area contributed by atoms with E-state index in [1.165, 1.54) is 0 Å². The number of nitrogens with two attached hydrogens (primary N) is 1. The van der Waals surface area contributed by atoms with Crippen LogP contribution in [0.4, 0.5) is 0 Å². The van der Waals surface area contributed by atoms with Gasteiger partial charge in [0, 0.05) is 12.5 Å². The summed E-state index contributed by atoms with van der Waals surface area (Å²) in [6.07, 6.45) is 6.90. The second kappa shape index (κ2) is 9.00. The summed E-state index contributed by atoms with van der Waals surface area (Å²) in [5, 5.41) is 8.57. The van der Waals surface area contributed by atoms with Gasteiger partial charge in [-0.1, -0.05) is 32.6 Å². The number of hydrogen-bond acceptors (Lipinski definition) is 2. The fourth-order valence-electron chi connectivity index (χ4n) is 1.63. The van der Waals surface area contributed by atoms with Crippen molar-refractivity contribution in [2.45, 2.75) is 51.9 Å². The topological polar surface area (TPSA) is 63.3 Å². The third-order valence-electron chi connectivity index (χ3n) is 2.50. The monoisotopic (exact) mass is 201 g/mol. The first-order valence-electron chi connectivity index (χ1n) is 5.62. The minimum atomic E-state index is -0.158. The molecule has 1 atom stereocenters. The summed E-state index contributed by atoms with van der Waals surface area (Å²) < 4.78 is 0. The number of carbonyl (C=O) groups excluding carboxylic acids is 1. The van der Waals surface area contributed by atoms with Crippen molar-refractivity contribution in [1.29, 1.82) is 0 Å². The van der Waals surface area contributed by atoms with Crippen LogP contribution in [0.15, 0.2) is 0 Å². The second-order valence-corrected chi connectivity index (χ2v) is 3.81. The van der Waals surface area contributed by atoms with Gasteiger partial charge in [-0.3, -0.25) is 4.79 Å². The van der Waals surface area contributed by atoms with Crippen LogP contribution in [0.25, 0.3) is 0 Å². The van der Waals surface area contributed by atoms with E-state index in [0.717, 1.165) is 44.9 Å². The Morgan fingerprint density at radius 1 is 1.21 bits per heavy atom. The lowest BCUT2D eigenvalue weighted by atomic mass is 9.96. The number of unbranched alkanes of at least 4 members (excludes halogenated alkanes) is 3. The SMILES string of the molecule is CCCC(CCCCCCO)C(N)=O. The van der Waals surface area contributed by atoms with Crippen LogP contribution in [0, 0.1) is 5.92 Å². The van der Waals surface area contributed by atoms with Crippen LogP contribution in [0.1, 0.15) is 51.9 Å². The van der Waals surface area contributed by atoms with Gasteiger partial charge in [-0.05, 0) is 19.3 Å². The molecule has 0 rings (SSSR count). The zero-order chi connectivity index (χ0) is 10.8. The Kier molecular flexibility index (Phi) is 8.64. The molecule has 0 aliphatic carbocycles. The van der Waals surface area contributed by atoms with Crippen LogP contribution >= 0.6 is 0 Å². The maximum atomic E-state index is 11.0. The maximum Gasteiger partial charge on any atom is 0.220 e. The first kappa shape index (κ1) is 13.4. The van der Waals surface area contributed by atoms with Crippen molar-refractivity contribution in [3.63, 3.8) is 0 Å². The molecule has 0 saturated heterocycles. The van der Waals surface area contributed by atoms with Gasteiger partial charge in [0.2, 0.25) is 5.91 Å². The third kappa shape index (κ3) is 6.89. The van der Waals surface area contributed by atoms with Gasteiger partial charge in [0.05, 0.1) is 0 Å². The molecule has 0 aromatic carbocycles. The molecular formula is C11H23NO2. The zero-order valence-corrected chi connectivity index (χ0v) is 9.17. The minimum Gasteiger partial charge on any atom is -0.396 e. The van der Waals surface area contributed by atoms with E-state index in [0.29, 0.717) is 0 Å². The van der Waals surface area contributed by atoms with E-state index < -0.39 is 0 Å². The normalized spacial score (nSPS) is 12.7. The Hall–Kier alpha value is -0.570. The van der Waals surface area contributed by atoms with E-state index in [-0.39, 0.29) is 18.4 Å². The fraction of sp³-hybridized carbons (Fsp3) is 0.909. The lowest BCUT2D eigenvalue weighted by molar-refractivity contribution is -0.122. The number of hydrogen-bond donors (Lipinski definition) is 2. The van der Waals surface area contributed by atoms with E-state index in [1.807, 2.05) is 0 Å². The summed E-state index contributed by atoms with van der Waals surface area (Å²) in [6, 6.07) is 0. The van der Waals surface area contributed by atoms with Crippen LogP contribution in [-0.4, -0.2) is 17.6 Å². The first-order chi connectivity index (χ1) is 6.72. The van der Waals surface area contributed by atoms with Gasteiger partial charge in [0.15, 0.2) is 0 Å². The summed E-state index contributed by atoms with van der Waals surface area (Å²) in [5.74, 6) is -0.0943. The van der Waals surface area contributed by atoms with Crippen LogP contribution in [0.5, 0.6) is 0 Å². The minimum absolute atomic E-state index is 0.0640. The highest BCUT2D eigenvalue weighted by Crippen LogP contribution is 2.15.